The number of nitrogens with zero attached hydrogens (tertiary/aromatic N) is 1. The van der Waals surface area contributed by atoms with Gasteiger partial charge in [-0.05, 0) is 39.8 Å². The molecule has 0 aromatic carbocycles. The van der Waals surface area contributed by atoms with Crippen LogP contribution < -0.4 is 5.32 Å². The molecule has 1 fully saturated rings. The van der Waals surface area contributed by atoms with E-state index in [0.29, 0.717) is 0 Å². The van der Waals surface area contributed by atoms with Gasteiger partial charge in [0, 0.05) is 18.6 Å². The summed E-state index contributed by atoms with van der Waals surface area (Å²) in [7, 11) is 2.26. The Morgan fingerprint density at radius 1 is 1.43 bits per heavy atom. The van der Waals surface area contributed by atoms with Crippen molar-refractivity contribution < 1.29 is 0 Å². The molecular formula is C12H26N2. The summed E-state index contributed by atoms with van der Waals surface area (Å²) < 4.78 is 0. The van der Waals surface area contributed by atoms with Crippen LogP contribution in [0, 0.1) is 0 Å². The van der Waals surface area contributed by atoms with Gasteiger partial charge in [-0.3, -0.25) is 0 Å². The SMILES string of the molecule is CCCC(C)N(C)CC1CCCCN1. The highest BCUT2D eigenvalue weighted by Crippen LogP contribution is 2.10. The minimum atomic E-state index is 0.740. The topological polar surface area (TPSA) is 15.3 Å². The highest BCUT2D eigenvalue weighted by atomic mass is 15.1. The summed E-state index contributed by atoms with van der Waals surface area (Å²) >= 11 is 0. The molecule has 14 heavy (non-hydrogen) atoms. The molecular weight excluding hydrogens is 172 g/mol. The van der Waals surface area contributed by atoms with Gasteiger partial charge in [0.05, 0.1) is 0 Å². The number of hydrogen-bond donors (Lipinski definition) is 1. The van der Waals surface area contributed by atoms with Crippen LogP contribution in [0.3, 0.4) is 0 Å². The average Bonchev–Trinajstić information content (AvgIpc) is 2.19. The molecule has 0 bridgehead atoms. The molecule has 0 aromatic rings. The monoisotopic (exact) mass is 198 g/mol. The molecule has 2 unspecified atom stereocenters. The van der Waals surface area contributed by atoms with Crippen molar-refractivity contribution in [1.82, 2.24) is 10.2 Å². The molecule has 0 saturated carbocycles. The van der Waals surface area contributed by atoms with Gasteiger partial charge in [-0.15, -0.1) is 0 Å². The first-order valence-electron chi connectivity index (χ1n) is 6.17. The Kier molecular flexibility index (Phi) is 5.49. The Morgan fingerprint density at radius 3 is 2.79 bits per heavy atom. The van der Waals surface area contributed by atoms with Crippen LogP contribution in [0.2, 0.25) is 0 Å². The molecule has 2 atom stereocenters. The summed E-state index contributed by atoms with van der Waals surface area (Å²) in [6, 6.07) is 1.48. The van der Waals surface area contributed by atoms with Crippen molar-refractivity contribution in [1.29, 1.82) is 0 Å². The van der Waals surface area contributed by atoms with Crippen molar-refractivity contribution in [3.8, 4) is 0 Å². The zero-order valence-corrected chi connectivity index (χ0v) is 10.1. The Balaban J connectivity index is 2.20. The van der Waals surface area contributed by atoms with Gasteiger partial charge in [-0.25, -0.2) is 0 Å². The molecule has 0 aromatic heterocycles. The van der Waals surface area contributed by atoms with Crippen molar-refractivity contribution in [2.45, 2.75) is 58.0 Å². The molecule has 1 aliphatic heterocycles. The van der Waals surface area contributed by atoms with Crippen molar-refractivity contribution in [3.63, 3.8) is 0 Å². The zero-order valence-electron chi connectivity index (χ0n) is 10.1. The molecule has 0 spiro atoms. The maximum Gasteiger partial charge on any atom is 0.0195 e. The van der Waals surface area contributed by atoms with Crippen LogP contribution in [0.4, 0.5) is 0 Å². The fourth-order valence-corrected chi connectivity index (χ4v) is 2.25. The molecule has 0 radical (unpaired) electrons. The van der Waals surface area contributed by atoms with Gasteiger partial charge in [0.15, 0.2) is 0 Å². The average molecular weight is 198 g/mol. The Morgan fingerprint density at radius 2 is 2.21 bits per heavy atom. The van der Waals surface area contributed by atoms with Gasteiger partial charge in [0.2, 0.25) is 0 Å². The van der Waals surface area contributed by atoms with E-state index < -0.39 is 0 Å². The largest absolute Gasteiger partial charge is 0.313 e. The molecule has 1 heterocycles. The maximum absolute atomic E-state index is 3.61. The van der Waals surface area contributed by atoms with Crippen LogP contribution in [-0.2, 0) is 0 Å². The second-order valence-electron chi connectivity index (χ2n) is 4.72. The predicted molar refractivity (Wildman–Crippen MR) is 62.6 cm³/mol. The summed E-state index contributed by atoms with van der Waals surface area (Å²) in [5.41, 5.74) is 0. The van der Waals surface area contributed by atoms with E-state index in [2.05, 4.69) is 31.1 Å². The first-order valence-corrected chi connectivity index (χ1v) is 6.17. The molecule has 1 rings (SSSR count). The van der Waals surface area contributed by atoms with Crippen LogP contribution in [0.1, 0.15) is 46.0 Å². The van der Waals surface area contributed by atoms with E-state index in [4.69, 9.17) is 0 Å². The standard InChI is InChI=1S/C12H26N2/c1-4-7-11(2)14(3)10-12-8-5-6-9-13-12/h11-13H,4-10H2,1-3H3. The van der Waals surface area contributed by atoms with E-state index >= 15 is 0 Å². The van der Waals surface area contributed by atoms with Crippen LogP contribution in [0.25, 0.3) is 0 Å². The van der Waals surface area contributed by atoms with E-state index in [1.54, 1.807) is 0 Å². The highest BCUT2D eigenvalue weighted by molar-refractivity contribution is 4.76. The third kappa shape index (κ3) is 3.97. The smallest absolute Gasteiger partial charge is 0.0195 e. The quantitative estimate of drug-likeness (QED) is 0.729. The summed E-state index contributed by atoms with van der Waals surface area (Å²) in [6.45, 7) is 7.05. The molecule has 84 valence electrons. The molecule has 1 saturated heterocycles. The van der Waals surface area contributed by atoms with E-state index in [9.17, 15) is 0 Å². The number of piperidine rings is 1. The van der Waals surface area contributed by atoms with E-state index in [-0.39, 0.29) is 0 Å². The third-order valence-corrected chi connectivity index (χ3v) is 3.38. The molecule has 1 aliphatic rings. The van der Waals surface area contributed by atoms with Crippen LogP contribution in [0.15, 0.2) is 0 Å². The summed E-state index contributed by atoms with van der Waals surface area (Å²) in [6.07, 6.45) is 6.76. The molecule has 1 N–H and O–H groups in total. The first-order chi connectivity index (χ1) is 6.74. The summed E-state index contributed by atoms with van der Waals surface area (Å²) in [4.78, 5) is 2.51. The lowest BCUT2D eigenvalue weighted by Crippen LogP contribution is -2.44. The number of hydrogen-bond acceptors (Lipinski definition) is 2. The lowest BCUT2D eigenvalue weighted by molar-refractivity contribution is 0.204. The number of likely N-dealkylation sites (N-methyl/N-ethyl adjacent to an activating group) is 1. The summed E-state index contributed by atoms with van der Waals surface area (Å²) in [5, 5.41) is 3.61. The lowest BCUT2D eigenvalue weighted by Gasteiger charge is -2.31. The van der Waals surface area contributed by atoms with E-state index in [0.717, 1.165) is 12.1 Å². The lowest BCUT2D eigenvalue weighted by atomic mass is 10.0. The van der Waals surface area contributed by atoms with Crippen LogP contribution >= 0.6 is 0 Å². The predicted octanol–water partition coefficient (Wildman–Crippen LogP) is 2.25. The van der Waals surface area contributed by atoms with Gasteiger partial charge in [0.1, 0.15) is 0 Å². The van der Waals surface area contributed by atoms with Gasteiger partial charge >= 0.3 is 0 Å². The molecule has 2 heteroatoms. The van der Waals surface area contributed by atoms with Crippen LogP contribution in [0.5, 0.6) is 0 Å². The van der Waals surface area contributed by atoms with Gasteiger partial charge in [-0.1, -0.05) is 19.8 Å². The van der Waals surface area contributed by atoms with Crippen molar-refractivity contribution >= 4 is 0 Å². The normalized spacial score (nSPS) is 25.3. The zero-order chi connectivity index (χ0) is 10.4. The van der Waals surface area contributed by atoms with Gasteiger partial charge in [-0.2, -0.15) is 0 Å². The minimum absolute atomic E-state index is 0.740. The Bertz CT molecular complexity index is 141. The fraction of sp³-hybridized carbons (Fsp3) is 1.00. The second kappa shape index (κ2) is 6.41. The van der Waals surface area contributed by atoms with E-state index in [1.807, 2.05) is 0 Å². The number of rotatable bonds is 5. The Labute approximate surface area is 89.1 Å². The highest BCUT2D eigenvalue weighted by Gasteiger charge is 2.16. The maximum atomic E-state index is 3.61. The van der Waals surface area contributed by atoms with E-state index in [1.165, 1.54) is 45.2 Å². The minimum Gasteiger partial charge on any atom is -0.313 e. The first kappa shape index (κ1) is 12.0. The van der Waals surface area contributed by atoms with Crippen molar-refractivity contribution in [2.24, 2.45) is 0 Å². The van der Waals surface area contributed by atoms with Gasteiger partial charge in [0.25, 0.3) is 0 Å². The molecule has 0 aliphatic carbocycles. The second-order valence-corrected chi connectivity index (χ2v) is 4.72. The number of nitrogens with one attached hydrogen (secondary N) is 1. The molecule has 0 amide bonds. The third-order valence-electron chi connectivity index (χ3n) is 3.38. The fourth-order valence-electron chi connectivity index (χ4n) is 2.25. The van der Waals surface area contributed by atoms with Crippen molar-refractivity contribution in [3.05, 3.63) is 0 Å². The molecule has 2 nitrogen and oxygen atoms in total. The van der Waals surface area contributed by atoms with Crippen LogP contribution in [-0.4, -0.2) is 37.1 Å². The van der Waals surface area contributed by atoms with Crippen molar-refractivity contribution in [2.75, 3.05) is 20.1 Å². The Hall–Kier alpha value is -0.0800. The van der Waals surface area contributed by atoms with Gasteiger partial charge < -0.3 is 10.2 Å². The summed E-state index contributed by atoms with van der Waals surface area (Å²) in [5.74, 6) is 0.